The van der Waals surface area contributed by atoms with Crippen LogP contribution in [-0.4, -0.2) is 16.4 Å². The first-order valence-electron chi connectivity index (χ1n) is 8.79. The number of fused-ring (bicyclic) bond motifs is 1. The topological polar surface area (TPSA) is 106 Å². The van der Waals surface area contributed by atoms with Crippen LogP contribution < -0.4 is 21.9 Å². The number of benzene rings is 2. The summed E-state index contributed by atoms with van der Waals surface area (Å²) in [6, 6.07) is 18.2. The molecule has 2 amide bonds. The highest BCUT2D eigenvalue weighted by Crippen LogP contribution is 2.28. The second kappa shape index (κ2) is 6.70. The van der Waals surface area contributed by atoms with Gasteiger partial charge >= 0.3 is 0 Å². The minimum absolute atomic E-state index is 0.00634. The summed E-state index contributed by atoms with van der Waals surface area (Å²) in [6.45, 7) is 2.01. The minimum atomic E-state index is -0.611. The fourth-order valence-electron chi connectivity index (χ4n) is 3.38. The molecule has 1 atom stereocenters. The molecule has 0 saturated carbocycles. The lowest BCUT2D eigenvalue weighted by atomic mass is 10.1. The summed E-state index contributed by atoms with van der Waals surface area (Å²) >= 11 is 0. The molecule has 0 bridgehead atoms. The van der Waals surface area contributed by atoms with Crippen LogP contribution in [0.25, 0.3) is 5.69 Å². The maximum atomic E-state index is 12.7. The molecule has 1 unspecified atom stereocenters. The van der Waals surface area contributed by atoms with E-state index >= 15 is 0 Å². The number of amides is 2. The average molecular weight is 374 g/mol. The molecule has 2 heterocycles. The Hall–Kier alpha value is -3.87. The molecule has 1 aliphatic rings. The van der Waals surface area contributed by atoms with Gasteiger partial charge in [0, 0.05) is 12.1 Å². The van der Waals surface area contributed by atoms with Gasteiger partial charge in [-0.05, 0) is 24.6 Å². The maximum Gasteiger partial charge on any atom is 0.262 e. The summed E-state index contributed by atoms with van der Waals surface area (Å²) < 4.78 is 1.25. The first-order valence-corrected chi connectivity index (χ1v) is 8.79. The van der Waals surface area contributed by atoms with Crippen LogP contribution in [0.3, 0.4) is 0 Å². The third-order valence-corrected chi connectivity index (χ3v) is 4.77. The van der Waals surface area contributed by atoms with E-state index in [0.29, 0.717) is 11.4 Å². The Morgan fingerprint density at radius 2 is 1.64 bits per heavy atom. The molecule has 140 valence electrons. The molecule has 4 rings (SSSR count). The molecule has 3 aromatic rings. The number of anilines is 2. The number of nitrogens with zero attached hydrogens (tertiary/aromatic N) is 1. The highest BCUT2D eigenvalue weighted by Gasteiger charge is 2.32. The van der Waals surface area contributed by atoms with Crippen molar-refractivity contribution < 1.29 is 9.59 Å². The number of rotatable bonds is 4. The van der Waals surface area contributed by atoms with Gasteiger partial charge in [0.25, 0.3) is 17.4 Å². The number of imide groups is 1. The van der Waals surface area contributed by atoms with E-state index in [2.05, 4.69) is 10.6 Å². The Labute approximate surface area is 160 Å². The Balaban J connectivity index is 1.82. The Morgan fingerprint density at radius 3 is 2.39 bits per heavy atom. The number of hydrogen-bond acceptors (Lipinski definition) is 5. The standard InChI is InChI=1S/C21H18N4O3/c1-12(13-7-3-2-4-8-13)23-15-9-5-6-10-16(15)25-17(26)11-14-18(19(25)22)21(28)24-20(14)27/h2-12,23H,22H2,1H3,(H,24,27,28). The lowest BCUT2D eigenvalue weighted by Crippen LogP contribution is -2.25. The Morgan fingerprint density at radius 1 is 0.964 bits per heavy atom. The zero-order valence-corrected chi connectivity index (χ0v) is 15.1. The molecule has 4 N–H and O–H groups in total. The molecular weight excluding hydrogens is 356 g/mol. The van der Waals surface area contributed by atoms with E-state index in [0.717, 1.165) is 11.6 Å². The predicted molar refractivity (Wildman–Crippen MR) is 107 cm³/mol. The van der Waals surface area contributed by atoms with Gasteiger partial charge in [0.1, 0.15) is 5.82 Å². The van der Waals surface area contributed by atoms with Crippen LogP contribution in [-0.2, 0) is 0 Å². The summed E-state index contributed by atoms with van der Waals surface area (Å²) in [7, 11) is 0. The molecule has 2 aromatic carbocycles. The molecule has 1 aromatic heterocycles. The molecule has 7 nitrogen and oxygen atoms in total. The van der Waals surface area contributed by atoms with Crippen LogP contribution in [0.15, 0.2) is 65.5 Å². The molecular formula is C21H18N4O3. The molecule has 0 spiro atoms. The van der Waals surface area contributed by atoms with E-state index in [4.69, 9.17) is 5.73 Å². The molecule has 7 heteroatoms. The van der Waals surface area contributed by atoms with E-state index in [1.165, 1.54) is 4.57 Å². The van der Waals surface area contributed by atoms with Crippen LogP contribution >= 0.6 is 0 Å². The van der Waals surface area contributed by atoms with Gasteiger partial charge in [-0.3, -0.25) is 24.3 Å². The number of pyridine rings is 1. The van der Waals surface area contributed by atoms with Crippen LogP contribution in [0, 0.1) is 0 Å². The van der Waals surface area contributed by atoms with Crippen molar-refractivity contribution in [2.24, 2.45) is 0 Å². The quantitative estimate of drug-likeness (QED) is 0.608. The van der Waals surface area contributed by atoms with Gasteiger partial charge < -0.3 is 11.1 Å². The summed E-state index contributed by atoms with van der Waals surface area (Å²) in [5, 5.41) is 5.56. The van der Waals surface area contributed by atoms with Crippen molar-refractivity contribution in [2.75, 3.05) is 11.1 Å². The number of nitrogens with one attached hydrogen (secondary N) is 2. The predicted octanol–water partition coefficient (Wildman–Crippen LogP) is 2.48. The summed E-state index contributed by atoms with van der Waals surface area (Å²) in [4.78, 5) is 36.7. The van der Waals surface area contributed by atoms with Crippen molar-refractivity contribution in [3.63, 3.8) is 0 Å². The first kappa shape index (κ1) is 17.5. The molecule has 0 radical (unpaired) electrons. The third kappa shape index (κ3) is 2.83. The van der Waals surface area contributed by atoms with Crippen LogP contribution in [0.5, 0.6) is 0 Å². The number of carbonyl (C=O) groups excluding carboxylic acids is 2. The van der Waals surface area contributed by atoms with E-state index in [1.807, 2.05) is 49.4 Å². The normalized spacial score (nSPS) is 13.8. The fourth-order valence-corrected chi connectivity index (χ4v) is 3.38. The Bertz CT molecular complexity index is 1150. The highest BCUT2D eigenvalue weighted by molar-refractivity contribution is 6.23. The summed E-state index contributed by atoms with van der Waals surface area (Å²) in [5.74, 6) is -1.28. The van der Waals surface area contributed by atoms with E-state index < -0.39 is 17.4 Å². The zero-order valence-electron chi connectivity index (χ0n) is 15.1. The second-order valence-electron chi connectivity index (χ2n) is 6.57. The van der Waals surface area contributed by atoms with Crippen molar-refractivity contribution >= 4 is 23.3 Å². The van der Waals surface area contributed by atoms with Crippen LogP contribution in [0.1, 0.15) is 39.2 Å². The van der Waals surface area contributed by atoms with Crippen LogP contribution in [0.2, 0.25) is 0 Å². The zero-order chi connectivity index (χ0) is 19.8. The molecule has 28 heavy (non-hydrogen) atoms. The maximum absolute atomic E-state index is 12.7. The molecule has 0 saturated heterocycles. The second-order valence-corrected chi connectivity index (χ2v) is 6.57. The van der Waals surface area contributed by atoms with Gasteiger partial charge in [-0.15, -0.1) is 0 Å². The van der Waals surface area contributed by atoms with Crippen molar-refractivity contribution in [3.8, 4) is 5.69 Å². The SMILES string of the molecule is CC(Nc1ccccc1-n1c(N)c2c(cc1=O)C(=O)NC2=O)c1ccccc1. The van der Waals surface area contributed by atoms with Gasteiger partial charge in [0.05, 0.1) is 22.5 Å². The lowest BCUT2D eigenvalue weighted by Gasteiger charge is -2.20. The van der Waals surface area contributed by atoms with E-state index in [1.54, 1.807) is 12.1 Å². The van der Waals surface area contributed by atoms with Gasteiger partial charge in [-0.1, -0.05) is 42.5 Å². The summed E-state index contributed by atoms with van der Waals surface area (Å²) in [6.07, 6.45) is 0. The number of nitrogen functional groups attached to an aromatic ring is 1. The van der Waals surface area contributed by atoms with Crippen molar-refractivity contribution in [2.45, 2.75) is 13.0 Å². The number of aromatic nitrogens is 1. The van der Waals surface area contributed by atoms with Gasteiger partial charge in [-0.2, -0.15) is 0 Å². The smallest absolute Gasteiger partial charge is 0.262 e. The van der Waals surface area contributed by atoms with Gasteiger partial charge in [0.2, 0.25) is 0 Å². The number of hydrogen-bond donors (Lipinski definition) is 3. The van der Waals surface area contributed by atoms with Crippen molar-refractivity contribution in [1.82, 2.24) is 9.88 Å². The lowest BCUT2D eigenvalue weighted by molar-refractivity contribution is 0.0880. The molecule has 1 aliphatic heterocycles. The fraction of sp³-hybridized carbons (Fsp3) is 0.0952. The monoisotopic (exact) mass is 374 g/mol. The van der Waals surface area contributed by atoms with E-state index in [9.17, 15) is 14.4 Å². The first-order chi connectivity index (χ1) is 13.5. The van der Waals surface area contributed by atoms with Crippen LogP contribution in [0.4, 0.5) is 11.5 Å². The minimum Gasteiger partial charge on any atom is -0.384 e. The number of carbonyl (C=O) groups is 2. The number of para-hydroxylation sites is 2. The summed E-state index contributed by atoms with van der Waals surface area (Å²) in [5.41, 5.74) is 7.96. The Kier molecular flexibility index (Phi) is 4.19. The van der Waals surface area contributed by atoms with Crippen molar-refractivity contribution in [3.05, 3.63) is 87.7 Å². The van der Waals surface area contributed by atoms with E-state index in [-0.39, 0.29) is 23.0 Å². The van der Waals surface area contributed by atoms with Crippen molar-refractivity contribution in [1.29, 1.82) is 0 Å². The largest absolute Gasteiger partial charge is 0.384 e. The number of nitrogens with two attached hydrogens (primary N) is 1. The molecule has 0 aliphatic carbocycles. The average Bonchev–Trinajstić information content (AvgIpc) is 2.97. The third-order valence-electron chi connectivity index (χ3n) is 4.77. The molecule has 0 fully saturated rings. The van der Waals surface area contributed by atoms with Gasteiger partial charge in [-0.25, -0.2) is 0 Å². The van der Waals surface area contributed by atoms with Gasteiger partial charge in [0.15, 0.2) is 0 Å². The highest BCUT2D eigenvalue weighted by atomic mass is 16.2.